The standard InChI is InChI=1S/C56H91NO8/c1-6-8-10-12-14-16-17-18-19-20-21-22-23-24-25-26-27-28-29-30-31-32-33-34-35-36-37-39-41-43-45-47-54(59)65-52(51-64-56(55(60)61)62-49-48-57(3,4)5)50-63-53(58)46-44-42-40-38-15-13-11-9-7-2/h8,10,14,16,18-19,21-22,24-25,27-28,30-31,33-34,36-37,52,56H,6-7,9,11-13,15,17,20,23,26,29,32,35,38-51H2,1-5H3/p+1/b10-8-,16-14-,19-18-,22-21-,25-24-,28-27-,31-30-,34-33-,37-36-. The van der Waals surface area contributed by atoms with Gasteiger partial charge in [0.1, 0.15) is 13.2 Å². The van der Waals surface area contributed by atoms with Gasteiger partial charge in [-0.15, -0.1) is 0 Å². The third-order valence-corrected chi connectivity index (χ3v) is 10.0. The summed E-state index contributed by atoms with van der Waals surface area (Å²) in [6.45, 7) is 4.66. The molecule has 0 spiro atoms. The van der Waals surface area contributed by atoms with Crippen LogP contribution >= 0.6 is 0 Å². The Hall–Kier alpha value is -4.05. The van der Waals surface area contributed by atoms with Crippen molar-refractivity contribution in [2.75, 3.05) is 47.5 Å². The number of ether oxygens (including phenoxy) is 4. The molecule has 0 aromatic carbocycles. The zero-order chi connectivity index (χ0) is 47.7. The van der Waals surface area contributed by atoms with E-state index in [0.717, 1.165) is 96.3 Å². The number of unbranched alkanes of at least 4 members (excludes halogenated alkanes) is 11. The number of allylic oxidation sites excluding steroid dienone is 18. The molecule has 0 saturated heterocycles. The zero-order valence-electron chi connectivity index (χ0n) is 41.6. The number of carbonyl (C=O) groups is 3. The molecule has 0 rings (SSSR count). The molecule has 0 aliphatic heterocycles. The molecule has 2 unspecified atom stereocenters. The number of esters is 2. The SMILES string of the molecule is CC/C=C\C/C=C\C/C=C\C/C=C\C/C=C\C/C=C\C/C=C\C/C=C\C/C=C\CCCCCC(=O)OC(COC(=O)CCCCCCCCCCC)COC(OCC[N+](C)(C)C)C(=O)O. The van der Waals surface area contributed by atoms with Crippen LogP contribution in [0.25, 0.3) is 0 Å². The van der Waals surface area contributed by atoms with Crippen molar-refractivity contribution in [3.63, 3.8) is 0 Å². The van der Waals surface area contributed by atoms with Gasteiger partial charge in [-0.25, -0.2) is 4.79 Å². The van der Waals surface area contributed by atoms with Crippen LogP contribution in [-0.4, -0.2) is 87.4 Å². The Morgan fingerprint density at radius 3 is 1.31 bits per heavy atom. The fraction of sp³-hybridized carbons (Fsp3) is 0.625. The number of carbonyl (C=O) groups excluding carboxylic acids is 2. The lowest BCUT2D eigenvalue weighted by molar-refractivity contribution is -0.870. The van der Waals surface area contributed by atoms with Crippen molar-refractivity contribution < 1.29 is 42.9 Å². The minimum atomic E-state index is -1.52. The molecule has 0 amide bonds. The van der Waals surface area contributed by atoms with Crippen molar-refractivity contribution in [2.24, 2.45) is 0 Å². The average molecular weight is 907 g/mol. The first-order valence-electron chi connectivity index (χ1n) is 25.1. The van der Waals surface area contributed by atoms with Crippen LogP contribution in [0.15, 0.2) is 109 Å². The van der Waals surface area contributed by atoms with Gasteiger partial charge < -0.3 is 28.5 Å². The summed E-state index contributed by atoms with van der Waals surface area (Å²) in [6.07, 6.45) is 60.3. The molecule has 0 aliphatic carbocycles. The molecule has 0 aromatic heterocycles. The molecule has 0 fully saturated rings. The van der Waals surface area contributed by atoms with Crippen LogP contribution in [0.3, 0.4) is 0 Å². The molecule has 1 N–H and O–H groups in total. The molecule has 0 bridgehead atoms. The van der Waals surface area contributed by atoms with Crippen LogP contribution in [0.4, 0.5) is 0 Å². The Morgan fingerprint density at radius 2 is 0.877 bits per heavy atom. The van der Waals surface area contributed by atoms with Crippen molar-refractivity contribution >= 4 is 17.9 Å². The molecule has 0 radical (unpaired) electrons. The van der Waals surface area contributed by atoms with E-state index in [2.05, 4.69) is 123 Å². The summed E-state index contributed by atoms with van der Waals surface area (Å²) in [4.78, 5) is 37.1. The van der Waals surface area contributed by atoms with Gasteiger partial charge in [0.25, 0.3) is 6.29 Å². The number of carboxylic acids is 1. The van der Waals surface area contributed by atoms with Crippen LogP contribution in [0.5, 0.6) is 0 Å². The second-order valence-electron chi connectivity index (χ2n) is 17.4. The summed E-state index contributed by atoms with van der Waals surface area (Å²) in [5.74, 6) is -2.07. The molecular formula is C56H92NO8+. The Balaban J connectivity index is 4.34. The lowest BCUT2D eigenvalue weighted by atomic mass is 10.1. The summed E-state index contributed by atoms with van der Waals surface area (Å²) in [5.41, 5.74) is 0. The van der Waals surface area contributed by atoms with Gasteiger partial charge in [0.05, 0.1) is 34.4 Å². The summed E-state index contributed by atoms with van der Waals surface area (Å²) < 4.78 is 22.7. The molecule has 2 atom stereocenters. The van der Waals surface area contributed by atoms with Gasteiger partial charge in [0.2, 0.25) is 0 Å². The van der Waals surface area contributed by atoms with Crippen LogP contribution < -0.4 is 0 Å². The van der Waals surface area contributed by atoms with Crippen molar-refractivity contribution in [2.45, 2.75) is 180 Å². The smallest absolute Gasteiger partial charge is 0.361 e. The highest BCUT2D eigenvalue weighted by Crippen LogP contribution is 2.12. The normalized spacial score (nSPS) is 13.8. The van der Waals surface area contributed by atoms with E-state index < -0.39 is 24.3 Å². The first-order chi connectivity index (χ1) is 31.6. The third kappa shape index (κ3) is 47.7. The number of hydrogen-bond acceptors (Lipinski definition) is 7. The molecule has 368 valence electrons. The van der Waals surface area contributed by atoms with E-state index >= 15 is 0 Å². The van der Waals surface area contributed by atoms with Crippen LogP contribution in [0.2, 0.25) is 0 Å². The Labute approximate surface area is 396 Å². The molecule has 9 nitrogen and oxygen atoms in total. The topological polar surface area (TPSA) is 108 Å². The van der Waals surface area contributed by atoms with Crippen LogP contribution in [0, 0.1) is 0 Å². The van der Waals surface area contributed by atoms with Crippen LogP contribution in [0.1, 0.15) is 168 Å². The quantitative estimate of drug-likeness (QED) is 0.0212. The molecule has 0 heterocycles. The van der Waals surface area contributed by atoms with Gasteiger partial charge in [0.15, 0.2) is 6.10 Å². The Bertz CT molecular complexity index is 1430. The number of rotatable bonds is 44. The number of carboxylic acid groups (broad SMARTS) is 1. The highest BCUT2D eigenvalue weighted by molar-refractivity contribution is 5.71. The van der Waals surface area contributed by atoms with E-state index in [0.29, 0.717) is 17.4 Å². The van der Waals surface area contributed by atoms with E-state index in [9.17, 15) is 19.5 Å². The van der Waals surface area contributed by atoms with Gasteiger partial charge in [0, 0.05) is 12.8 Å². The number of likely N-dealkylation sites (N-methyl/N-ethyl adjacent to an activating group) is 1. The third-order valence-electron chi connectivity index (χ3n) is 10.0. The maximum Gasteiger partial charge on any atom is 0.361 e. The largest absolute Gasteiger partial charge is 0.477 e. The maximum atomic E-state index is 12.8. The van der Waals surface area contributed by atoms with Crippen molar-refractivity contribution in [3.8, 4) is 0 Å². The Morgan fingerprint density at radius 1 is 0.477 bits per heavy atom. The molecule has 0 aliphatic rings. The molecule has 0 aromatic rings. The van der Waals surface area contributed by atoms with E-state index in [1.165, 1.54) is 38.5 Å². The predicted molar refractivity (Wildman–Crippen MR) is 271 cm³/mol. The molecule has 0 saturated carbocycles. The molecular weight excluding hydrogens is 815 g/mol. The van der Waals surface area contributed by atoms with E-state index in [-0.39, 0.29) is 38.6 Å². The monoisotopic (exact) mass is 907 g/mol. The van der Waals surface area contributed by atoms with Gasteiger partial charge in [-0.1, -0.05) is 181 Å². The van der Waals surface area contributed by atoms with E-state index in [1.54, 1.807) is 0 Å². The molecule has 9 heteroatoms. The second-order valence-corrected chi connectivity index (χ2v) is 17.4. The van der Waals surface area contributed by atoms with Crippen molar-refractivity contribution in [1.82, 2.24) is 0 Å². The predicted octanol–water partition coefficient (Wildman–Crippen LogP) is 14.0. The highest BCUT2D eigenvalue weighted by Gasteiger charge is 2.25. The molecule has 65 heavy (non-hydrogen) atoms. The highest BCUT2D eigenvalue weighted by atomic mass is 16.7. The van der Waals surface area contributed by atoms with Gasteiger partial charge >= 0.3 is 17.9 Å². The Kier molecular flexibility index (Phi) is 43.6. The maximum absolute atomic E-state index is 12.8. The average Bonchev–Trinajstić information content (AvgIpc) is 3.27. The first-order valence-corrected chi connectivity index (χ1v) is 25.1. The van der Waals surface area contributed by atoms with Gasteiger partial charge in [-0.2, -0.15) is 0 Å². The zero-order valence-corrected chi connectivity index (χ0v) is 41.6. The van der Waals surface area contributed by atoms with Gasteiger partial charge in [-0.3, -0.25) is 9.59 Å². The minimum Gasteiger partial charge on any atom is -0.477 e. The number of quaternary nitrogens is 1. The van der Waals surface area contributed by atoms with Crippen molar-refractivity contribution in [3.05, 3.63) is 109 Å². The number of aliphatic carboxylic acids is 1. The summed E-state index contributed by atoms with van der Waals surface area (Å²) in [5, 5.41) is 9.63. The lowest BCUT2D eigenvalue weighted by Gasteiger charge is -2.25. The first kappa shape index (κ1) is 60.9. The van der Waals surface area contributed by atoms with E-state index in [4.69, 9.17) is 18.9 Å². The number of nitrogens with zero attached hydrogens (tertiary/aromatic N) is 1. The van der Waals surface area contributed by atoms with Crippen molar-refractivity contribution in [1.29, 1.82) is 0 Å². The van der Waals surface area contributed by atoms with Crippen LogP contribution in [-0.2, 0) is 33.3 Å². The fourth-order valence-electron chi connectivity index (χ4n) is 6.18. The lowest BCUT2D eigenvalue weighted by Crippen LogP contribution is -2.40. The summed E-state index contributed by atoms with van der Waals surface area (Å²) in [6, 6.07) is 0. The fourth-order valence-corrected chi connectivity index (χ4v) is 6.18. The van der Waals surface area contributed by atoms with E-state index in [1.807, 2.05) is 21.1 Å². The summed E-state index contributed by atoms with van der Waals surface area (Å²) >= 11 is 0. The van der Waals surface area contributed by atoms with Gasteiger partial charge in [-0.05, 0) is 83.5 Å². The second kappa shape index (κ2) is 46.5. The number of hydrogen-bond donors (Lipinski definition) is 1. The summed E-state index contributed by atoms with van der Waals surface area (Å²) in [7, 11) is 5.93. The minimum absolute atomic E-state index is 0.176.